The van der Waals surface area contributed by atoms with E-state index in [9.17, 15) is 22.0 Å². The van der Waals surface area contributed by atoms with Crippen LogP contribution in [0, 0.1) is 12.8 Å². The number of nitrogens with zero attached hydrogens (tertiary/aromatic N) is 3. The van der Waals surface area contributed by atoms with Crippen LogP contribution in [0.1, 0.15) is 42.3 Å². The van der Waals surface area contributed by atoms with Crippen LogP contribution in [0.4, 0.5) is 8.78 Å². The number of carbonyl (C=O) groups is 1. The average Bonchev–Trinajstić information content (AvgIpc) is 2.99. The molecule has 0 radical (unpaired) electrons. The van der Waals surface area contributed by atoms with E-state index in [4.69, 9.17) is 9.26 Å². The van der Waals surface area contributed by atoms with Gasteiger partial charge in [0.05, 0.1) is 15.9 Å². The SMILES string of the molecule is Cc1noc(C23CC2CN(C(=O)c2cc(S(C)(=O)=O)ccc2O[C@@H](C)C(C)(F)F)C3)n1. The number of piperidine rings is 1. The normalized spacial score (nSPS) is 24.1. The topological polar surface area (TPSA) is 103 Å². The van der Waals surface area contributed by atoms with Crippen molar-refractivity contribution in [2.45, 2.75) is 49.5 Å². The van der Waals surface area contributed by atoms with Gasteiger partial charge in [0.2, 0.25) is 5.89 Å². The van der Waals surface area contributed by atoms with E-state index in [1.807, 2.05) is 0 Å². The van der Waals surface area contributed by atoms with Crippen LogP contribution >= 0.6 is 0 Å². The van der Waals surface area contributed by atoms with Crippen molar-refractivity contribution in [2.75, 3.05) is 19.3 Å². The van der Waals surface area contributed by atoms with Crippen LogP contribution in [0.2, 0.25) is 0 Å². The minimum atomic E-state index is -3.62. The molecule has 2 heterocycles. The highest BCUT2D eigenvalue weighted by Crippen LogP contribution is 2.58. The van der Waals surface area contributed by atoms with E-state index in [2.05, 4.69) is 10.1 Å². The lowest BCUT2D eigenvalue weighted by molar-refractivity contribution is -0.0720. The Labute approximate surface area is 178 Å². The molecule has 1 saturated carbocycles. The molecule has 4 rings (SSSR count). The highest BCUT2D eigenvalue weighted by Gasteiger charge is 2.65. The summed E-state index contributed by atoms with van der Waals surface area (Å²) < 4.78 is 62.0. The third-order valence-electron chi connectivity index (χ3n) is 6.01. The molecule has 1 aliphatic heterocycles. The number of sulfone groups is 1. The molecule has 1 saturated heterocycles. The van der Waals surface area contributed by atoms with Gasteiger partial charge in [-0.05, 0) is 44.4 Å². The Morgan fingerprint density at radius 1 is 1.42 bits per heavy atom. The van der Waals surface area contributed by atoms with Crippen molar-refractivity contribution in [2.24, 2.45) is 5.92 Å². The number of carbonyl (C=O) groups excluding carboxylic acids is 1. The molecule has 2 aliphatic rings. The molecule has 31 heavy (non-hydrogen) atoms. The Morgan fingerprint density at radius 2 is 2.13 bits per heavy atom. The molecule has 168 valence electrons. The summed E-state index contributed by atoms with van der Waals surface area (Å²) in [5, 5.41) is 3.82. The van der Waals surface area contributed by atoms with E-state index in [0.29, 0.717) is 31.7 Å². The Morgan fingerprint density at radius 3 is 2.71 bits per heavy atom. The van der Waals surface area contributed by atoms with Gasteiger partial charge in [0.15, 0.2) is 21.8 Å². The second-order valence-electron chi connectivity index (χ2n) is 8.54. The Balaban J connectivity index is 1.65. The first kappa shape index (κ1) is 21.7. The zero-order valence-corrected chi connectivity index (χ0v) is 18.4. The standard InChI is InChI=1S/C20H23F2N3O5S/c1-11(19(3,21)22)29-16-6-5-14(31(4,27)28)7-15(16)17(26)25-9-13-8-20(13,10-25)18-23-12(2)24-30-18/h5-7,11,13H,8-10H2,1-4H3/t11-,13?,20?/m0/s1. The number of hydrogen-bond acceptors (Lipinski definition) is 7. The number of alkyl halides is 2. The predicted octanol–water partition coefficient (Wildman–Crippen LogP) is 2.62. The maximum atomic E-state index is 13.7. The van der Waals surface area contributed by atoms with Crippen LogP contribution in [0.25, 0.3) is 0 Å². The fraction of sp³-hybridized carbons (Fsp3) is 0.550. The number of amides is 1. The van der Waals surface area contributed by atoms with Gasteiger partial charge in [-0.15, -0.1) is 0 Å². The number of hydrogen-bond donors (Lipinski definition) is 0. The van der Waals surface area contributed by atoms with Crippen LogP contribution in [0.3, 0.4) is 0 Å². The van der Waals surface area contributed by atoms with Crippen molar-refractivity contribution in [1.29, 1.82) is 0 Å². The molecule has 2 fully saturated rings. The summed E-state index contributed by atoms with van der Waals surface area (Å²) in [6.07, 6.45) is 0.310. The van der Waals surface area contributed by atoms with Crippen molar-refractivity contribution in [3.8, 4) is 5.75 Å². The number of ether oxygens (including phenoxy) is 1. The predicted molar refractivity (Wildman–Crippen MR) is 105 cm³/mol. The fourth-order valence-corrected chi connectivity index (χ4v) is 4.59. The lowest BCUT2D eigenvalue weighted by atomic mass is 10.1. The number of aromatic nitrogens is 2. The Hall–Kier alpha value is -2.56. The third kappa shape index (κ3) is 3.90. The molecule has 1 aromatic carbocycles. The van der Waals surface area contributed by atoms with Crippen LogP contribution in [0.5, 0.6) is 5.75 Å². The molecular formula is C20H23F2N3O5S. The van der Waals surface area contributed by atoms with Crippen LogP contribution in [0.15, 0.2) is 27.6 Å². The largest absolute Gasteiger partial charge is 0.484 e. The first-order valence-corrected chi connectivity index (χ1v) is 11.7. The summed E-state index contributed by atoms with van der Waals surface area (Å²) in [5.74, 6) is -2.59. The van der Waals surface area contributed by atoms with E-state index in [0.717, 1.165) is 12.7 Å². The van der Waals surface area contributed by atoms with E-state index in [1.165, 1.54) is 25.1 Å². The minimum absolute atomic E-state index is 0.0721. The van der Waals surface area contributed by atoms with Crippen molar-refractivity contribution < 1.29 is 31.3 Å². The molecule has 3 atom stereocenters. The van der Waals surface area contributed by atoms with Gasteiger partial charge >= 0.3 is 0 Å². The van der Waals surface area contributed by atoms with Gasteiger partial charge < -0.3 is 14.2 Å². The maximum Gasteiger partial charge on any atom is 0.281 e. The lowest BCUT2D eigenvalue weighted by Crippen LogP contribution is -2.35. The smallest absolute Gasteiger partial charge is 0.281 e. The summed E-state index contributed by atoms with van der Waals surface area (Å²) in [5.41, 5.74) is -0.479. The summed E-state index contributed by atoms with van der Waals surface area (Å²) in [7, 11) is -3.62. The Kier molecular flexibility index (Phi) is 4.87. The number of rotatable bonds is 6. The molecule has 11 heteroatoms. The second-order valence-corrected chi connectivity index (χ2v) is 10.6. The quantitative estimate of drug-likeness (QED) is 0.660. The minimum Gasteiger partial charge on any atom is -0.484 e. The highest BCUT2D eigenvalue weighted by molar-refractivity contribution is 7.90. The van der Waals surface area contributed by atoms with Gasteiger partial charge in [-0.3, -0.25) is 4.79 Å². The fourth-order valence-electron chi connectivity index (χ4n) is 3.94. The van der Waals surface area contributed by atoms with E-state index in [1.54, 1.807) is 11.8 Å². The van der Waals surface area contributed by atoms with Gasteiger partial charge in [0.25, 0.3) is 11.8 Å². The zero-order chi connectivity index (χ0) is 22.8. The molecule has 0 N–H and O–H groups in total. The van der Waals surface area contributed by atoms with Gasteiger partial charge in [-0.1, -0.05) is 5.16 Å². The molecule has 0 bridgehead atoms. The number of likely N-dealkylation sites (tertiary alicyclic amines) is 1. The number of aryl methyl sites for hydroxylation is 1. The van der Waals surface area contributed by atoms with E-state index < -0.39 is 33.2 Å². The average molecular weight is 455 g/mol. The summed E-state index contributed by atoms with van der Waals surface area (Å²) in [4.78, 5) is 19.1. The molecule has 1 aromatic heterocycles. The highest BCUT2D eigenvalue weighted by atomic mass is 32.2. The maximum absolute atomic E-state index is 13.7. The van der Waals surface area contributed by atoms with Gasteiger partial charge in [-0.2, -0.15) is 4.98 Å². The van der Waals surface area contributed by atoms with Crippen molar-refractivity contribution >= 4 is 15.7 Å². The van der Waals surface area contributed by atoms with Crippen LogP contribution in [-0.4, -0.2) is 60.7 Å². The first-order chi connectivity index (χ1) is 14.3. The van der Waals surface area contributed by atoms with Crippen LogP contribution in [-0.2, 0) is 15.3 Å². The summed E-state index contributed by atoms with van der Waals surface area (Å²) in [6, 6.07) is 3.67. The third-order valence-corrected chi connectivity index (χ3v) is 7.12. The number of halogens is 2. The van der Waals surface area contributed by atoms with Crippen LogP contribution < -0.4 is 4.74 Å². The Bertz CT molecular complexity index is 1140. The lowest BCUT2D eigenvalue weighted by Gasteiger charge is -2.25. The van der Waals surface area contributed by atoms with E-state index in [-0.39, 0.29) is 22.1 Å². The zero-order valence-electron chi connectivity index (χ0n) is 17.6. The molecule has 1 amide bonds. The van der Waals surface area contributed by atoms with E-state index >= 15 is 0 Å². The van der Waals surface area contributed by atoms with Crippen molar-refractivity contribution in [3.05, 3.63) is 35.5 Å². The summed E-state index contributed by atoms with van der Waals surface area (Å²) in [6.45, 7) is 4.36. The molecule has 8 nitrogen and oxygen atoms in total. The molecule has 2 unspecified atom stereocenters. The van der Waals surface area contributed by atoms with Gasteiger partial charge in [-0.25, -0.2) is 17.2 Å². The van der Waals surface area contributed by atoms with Gasteiger partial charge in [0.1, 0.15) is 5.75 Å². The monoisotopic (exact) mass is 455 g/mol. The molecular weight excluding hydrogens is 432 g/mol. The molecule has 0 spiro atoms. The molecule has 1 aliphatic carbocycles. The molecule has 2 aromatic rings. The number of fused-ring (bicyclic) bond motifs is 1. The first-order valence-electron chi connectivity index (χ1n) is 9.80. The van der Waals surface area contributed by atoms with Gasteiger partial charge in [0, 0.05) is 26.3 Å². The van der Waals surface area contributed by atoms with Crippen molar-refractivity contribution in [3.63, 3.8) is 0 Å². The van der Waals surface area contributed by atoms with Crippen molar-refractivity contribution in [1.82, 2.24) is 15.0 Å². The number of benzene rings is 1. The summed E-state index contributed by atoms with van der Waals surface area (Å²) >= 11 is 0. The second kappa shape index (κ2) is 6.98.